The summed E-state index contributed by atoms with van der Waals surface area (Å²) in [7, 11) is -3.68. The van der Waals surface area contributed by atoms with E-state index in [1.54, 1.807) is 12.1 Å². The first-order valence-electron chi connectivity index (χ1n) is 7.89. The molecule has 7 nitrogen and oxygen atoms in total. The van der Waals surface area contributed by atoms with Crippen LogP contribution in [0.3, 0.4) is 0 Å². The van der Waals surface area contributed by atoms with E-state index in [1.165, 1.54) is 35.1 Å². The van der Waals surface area contributed by atoms with Crippen LogP contribution in [-0.2, 0) is 16.6 Å². The van der Waals surface area contributed by atoms with Gasteiger partial charge in [-0.2, -0.15) is 5.10 Å². The summed E-state index contributed by atoms with van der Waals surface area (Å²) in [6, 6.07) is 18.2. The van der Waals surface area contributed by atoms with Crippen LogP contribution in [0.1, 0.15) is 0 Å². The van der Waals surface area contributed by atoms with Crippen molar-refractivity contribution < 1.29 is 13.2 Å². The first kappa shape index (κ1) is 17.8. The molecule has 0 radical (unpaired) electrons. The van der Waals surface area contributed by atoms with E-state index in [-0.39, 0.29) is 23.5 Å². The molecule has 26 heavy (non-hydrogen) atoms. The molecule has 3 rings (SSSR count). The number of rotatable bonds is 7. The van der Waals surface area contributed by atoms with E-state index in [0.717, 1.165) is 0 Å². The van der Waals surface area contributed by atoms with Crippen molar-refractivity contribution in [2.24, 2.45) is 0 Å². The lowest BCUT2D eigenvalue weighted by Gasteiger charge is -2.09. The Balaban J connectivity index is 1.62. The summed E-state index contributed by atoms with van der Waals surface area (Å²) in [5, 5.41) is 3.87. The number of sulfonamides is 1. The lowest BCUT2D eigenvalue weighted by molar-refractivity contribution is 0.482. The van der Waals surface area contributed by atoms with Gasteiger partial charge < -0.3 is 4.74 Å². The molecule has 0 atom stereocenters. The molecule has 1 N–H and O–H groups in total. The second-order valence-electron chi connectivity index (χ2n) is 5.37. The van der Waals surface area contributed by atoms with Gasteiger partial charge >= 0.3 is 0 Å². The molecule has 3 aromatic rings. The first-order valence-corrected chi connectivity index (χ1v) is 9.38. The van der Waals surface area contributed by atoms with Crippen LogP contribution in [0.4, 0.5) is 0 Å². The Morgan fingerprint density at radius 3 is 2.31 bits per heavy atom. The van der Waals surface area contributed by atoms with Gasteiger partial charge in [0.05, 0.1) is 11.4 Å². The van der Waals surface area contributed by atoms with E-state index in [0.29, 0.717) is 11.5 Å². The van der Waals surface area contributed by atoms with Gasteiger partial charge in [-0.25, -0.2) is 17.8 Å². The Morgan fingerprint density at radius 2 is 1.62 bits per heavy atom. The third-order valence-electron chi connectivity index (χ3n) is 3.51. The Kier molecular flexibility index (Phi) is 5.45. The zero-order valence-electron chi connectivity index (χ0n) is 13.8. The summed E-state index contributed by atoms with van der Waals surface area (Å²) in [5.41, 5.74) is -0.283. The predicted molar refractivity (Wildman–Crippen MR) is 96.6 cm³/mol. The molecule has 0 amide bonds. The highest BCUT2D eigenvalue weighted by molar-refractivity contribution is 7.89. The van der Waals surface area contributed by atoms with Crippen LogP contribution in [0, 0.1) is 0 Å². The van der Waals surface area contributed by atoms with Gasteiger partial charge in [0.1, 0.15) is 11.5 Å². The van der Waals surface area contributed by atoms with E-state index >= 15 is 0 Å². The molecule has 1 heterocycles. The molecule has 8 heteroatoms. The van der Waals surface area contributed by atoms with Gasteiger partial charge in [0.15, 0.2) is 0 Å². The average molecular weight is 371 g/mol. The SMILES string of the molecule is O=c1cccnn1CCNS(=O)(=O)c1ccc(Oc2ccccc2)cc1. The normalized spacial score (nSPS) is 11.2. The lowest BCUT2D eigenvalue weighted by Crippen LogP contribution is -2.31. The molecule has 0 aliphatic heterocycles. The van der Waals surface area contributed by atoms with Crippen LogP contribution in [0.2, 0.25) is 0 Å². The second-order valence-corrected chi connectivity index (χ2v) is 7.14. The largest absolute Gasteiger partial charge is 0.457 e. The minimum atomic E-state index is -3.68. The third kappa shape index (κ3) is 4.56. The van der Waals surface area contributed by atoms with Crippen molar-refractivity contribution in [3.05, 3.63) is 83.3 Å². The molecule has 0 aliphatic carbocycles. The second kappa shape index (κ2) is 7.94. The molecule has 134 valence electrons. The quantitative estimate of drug-likeness (QED) is 0.686. The Bertz CT molecular complexity index is 1020. The molecule has 0 saturated carbocycles. The number of hydrogen-bond donors (Lipinski definition) is 1. The third-order valence-corrected chi connectivity index (χ3v) is 4.99. The average Bonchev–Trinajstić information content (AvgIpc) is 2.65. The fraction of sp³-hybridized carbons (Fsp3) is 0.111. The number of hydrogen-bond acceptors (Lipinski definition) is 5. The maximum Gasteiger partial charge on any atom is 0.266 e. The van der Waals surface area contributed by atoms with Gasteiger partial charge in [-0.3, -0.25) is 4.79 Å². The molecule has 2 aromatic carbocycles. The van der Waals surface area contributed by atoms with E-state index in [2.05, 4.69) is 9.82 Å². The van der Waals surface area contributed by atoms with Gasteiger partial charge in [-0.1, -0.05) is 18.2 Å². The van der Waals surface area contributed by atoms with E-state index in [9.17, 15) is 13.2 Å². The summed E-state index contributed by atoms with van der Waals surface area (Å²) < 4.78 is 33.9. The van der Waals surface area contributed by atoms with Crippen molar-refractivity contribution in [3.8, 4) is 11.5 Å². The zero-order valence-corrected chi connectivity index (χ0v) is 14.6. The van der Waals surface area contributed by atoms with Gasteiger partial charge in [-0.05, 0) is 42.5 Å². The van der Waals surface area contributed by atoms with Crippen LogP contribution in [0.5, 0.6) is 11.5 Å². The van der Waals surface area contributed by atoms with Crippen LogP contribution >= 0.6 is 0 Å². The monoisotopic (exact) mass is 371 g/mol. The summed E-state index contributed by atoms with van der Waals surface area (Å²) in [6.45, 7) is 0.204. The van der Waals surface area contributed by atoms with Gasteiger partial charge in [-0.15, -0.1) is 0 Å². The highest BCUT2D eigenvalue weighted by Gasteiger charge is 2.13. The molecular weight excluding hydrogens is 354 g/mol. The number of para-hydroxylation sites is 1. The standard InChI is InChI=1S/C18H17N3O4S/c22-18-7-4-12-19-21(18)14-13-20-26(23,24)17-10-8-16(9-11-17)25-15-5-2-1-3-6-15/h1-12,20H,13-14H2. The number of nitrogens with zero attached hydrogens (tertiary/aromatic N) is 2. The summed E-state index contributed by atoms with van der Waals surface area (Å²) in [4.78, 5) is 11.7. The Labute approximate surface area is 150 Å². The Morgan fingerprint density at radius 1 is 0.923 bits per heavy atom. The van der Waals surface area contributed by atoms with Crippen LogP contribution in [0.25, 0.3) is 0 Å². The van der Waals surface area contributed by atoms with Crippen LogP contribution < -0.4 is 15.0 Å². The van der Waals surface area contributed by atoms with Gasteiger partial charge in [0.2, 0.25) is 10.0 Å². The van der Waals surface area contributed by atoms with E-state index in [1.807, 2.05) is 30.3 Å². The molecule has 0 bridgehead atoms. The number of benzene rings is 2. The molecular formula is C18H17N3O4S. The van der Waals surface area contributed by atoms with Crippen molar-refractivity contribution in [2.75, 3.05) is 6.54 Å². The maximum absolute atomic E-state index is 12.3. The van der Waals surface area contributed by atoms with Crippen LogP contribution in [-0.4, -0.2) is 24.7 Å². The van der Waals surface area contributed by atoms with Crippen LogP contribution in [0.15, 0.2) is 82.6 Å². The van der Waals surface area contributed by atoms with Crippen molar-refractivity contribution in [1.29, 1.82) is 0 Å². The summed E-state index contributed by atoms with van der Waals surface area (Å²) >= 11 is 0. The van der Waals surface area contributed by atoms with Crippen molar-refractivity contribution in [3.63, 3.8) is 0 Å². The number of ether oxygens (including phenoxy) is 1. The van der Waals surface area contributed by atoms with Gasteiger partial charge in [0.25, 0.3) is 5.56 Å². The smallest absolute Gasteiger partial charge is 0.266 e. The Hall–Kier alpha value is -2.97. The topological polar surface area (TPSA) is 90.3 Å². The van der Waals surface area contributed by atoms with E-state index in [4.69, 9.17) is 4.74 Å². The van der Waals surface area contributed by atoms with Crippen molar-refractivity contribution >= 4 is 10.0 Å². The van der Waals surface area contributed by atoms with Gasteiger partial charge in [0, 0.05) is 18.8 Å². The van der Waals surface area contributed by atoms with Crippen molar-refractivity contribution in [1.82, 2.24) is 14.5 Å². The molecule has 0 unspecified atom stereocenters. The number of nitrogens with one attached hydrogen (secondary N) is 1. The highest BCUT2D eigenvalue weighted by atomic mass is 32.2. The fourth-order valence-corrected chi connectivity index (χ4v) is 3.26. The molecule has 0 spiro atoms. The minimum Gasteiger partial charge on any atom is -0.457 e. The molecule has 1 aromatic heterocycles. The minimum absolute atomic E-state index is 0.0571. The first-order chi connectivity index (χ1) is 12.5. The summed E-state index contributed by atoms with van der Waals surface area (Å²) in [5.74, 6) is 1.21. The predicted octanol–water partition coefficient (Wildman–Crippen LogP) is 2.01. The van der Waals surface area contributed by atoms with E-state index < -0.39 is 10.0 Å². The molecule has 0 fully saturated rings. The fourth-order valence-electron chi connectivity index (χ4n) is 2.24. The highest BCUT2D eigenvalue weighted by Crippen LogP contribution is 2.22. The summed E-state index contributed by atoms with van der Waals surface area (Å²) in [6.07, 6.45) is 1.47. The van der Waals surface area contributed by atoms with Crippen molar-refractivity contribution in [2.45, 2.75) is 11.4 Å². The maximum atomic E-state index is 12.3. The zero-order chi connectivity index (χ0) is 18.4. The molecule has 0 aliphatic rings. The lowest BCUT2D eigenvalue weighted by atomic mass is 10.3. The molecule has 0 saturated heterocycles. The number of aromatic nitrogens is 2.